The normalized spacial score (nSPS) is 15.3. The van der Waals surface area contributed by atoms with Crippen molar-refractivity contribution in [3.63, 3.8) is 0 Å². The summed E-state index contributed by atoms with van der Waals surface area (Å²) in [5.74, 6) is 0. The molecule has 0 saturated heterocycles. The minimum Gasteiger partial charge on any atom is -0.391 e. The summed E-state index contributed by atoms with van der Waals surface area (Å²) < 4.78 is 0. The van der Waals surface area contributed by atoms with Gasteiger partial charge >= 0.3 is 0 Å². The Balaban J connectivity index is 2.45. The van der Waals surface area contributed by atoms with E-state index in [4.69, 9.17) is 0 Å². The summed E-state index contributed by atoms with van der Waals surface area (Å²) in [5.41, 5.74) is 3.82. The molecule has 0 fully saturated rings. The average Bonchev–Trinajstić information content (AvgIpc) is 2.55. The maximum Gasteiger partial charge on any atom is 0.0222 e. The molecule has 0 spiro atoms. The van der Waals surface area contributed by atoms with Gasteiger partial charge in [0.25, 0.3) is 0 Å². The molecule has 1 aromatic carbocycles. The fourth-order valence-electron chi connectivity index (χ4n) is 1.75. The average molecular weight is 197 g/mol. The first-order chi connectivity index (χ1) is 7.42. The Morgan fingerprint density at radius 2 is 1.87 bits per heavy atom. The van der Waals surface area contributed by atoms with Crippen molar-refractivity contribution in [1.82, 2.24) is 5.32 Å². The van der Waals surface area contributed by atoms with Gasteiger partial charge in [0.05, 0.1) is 0 Å². The minimum absolute atomic E-state index is 0.966. The predicted molar refractivity (Wildman–Crippen MR) is 65.3 cm³/mol. The van der Waals surface area contributed by atoms with Gasteiger partial charge in [0, 0.05) is 24.7 Å². The zero-order chi connectivity index (χ0) is 10.5. The maximum atomic E-state index is 3.27. The molecule has 0 aliphatic heterocycles. The van der Waals surface area contributed by atoms with Gasteiger partial charge in [-0.1, -0.05) is 54.6 Å². The van der Waals surface area contributed by atoms with Crippen LogP contribution in [0.15, 0.2) is 60.3 Å². The highest BCUT2D eigenvalue weighted by atomic mass is 14.8. The number of benzene rings is 1. The molecule has 0 aromatic heterocycles. The summed E-state index contributed by atoms with van der Waals surface area (Å²) in [6.07, 6.45) is 9.47. The van der Waals surface area contributed by atoms with Gasteiger partial charge in [0.2, 0.25) is 0 Å². The van der Waals surface area contributed by atoms with E-state index in [2.05, 4.69) is 53.9 Å². The van der Waals surface area contributed by atoms with E-state index in [-0.39, 0.29) is 0 Å². The third-order valence-corrected chi connectivity index (χ3v) is 2.54. The lowest BCUT2D eigenvalue weighted by Crippen LogP contribution is -2.07. The van der Waals surface area contributed by atoms with Crippen LogP contribution < -0.4 is 5.32 Å². The molecule has 0 unspecified atom stereocenters. The molecule has 1 aliphatic carbocycles. The van der Waals surface area contributed by atoms with Crippen molar-refractivity contribution < 1.29 is 0 Å². The van der Waals surface area contributed by atoms with Crippen molar-refractivity contribution in [2.45, 2.75) is 6.42 Å². The third-order valence-electron chi connectivity index (χ3n) is 2.54. The summed E-state index contributed by atoms with van der Waals surface area (Å²) >= 11 is 0. The SMILES string of the molecule is CNC1=C(c2ccccc2)C=CC=CC1. The first kappa shape index (κ1) is 9.78. The second-order valence-corrected chi connectivity index (χ2v) is 3.50. The maximum absolute atomic E-state index is 3.27. The Labute approximate surface area is 90.8 Å². The first-order valence-corrected chi connectivity index (χ1v) is 5.21. The van der Waals surface area contributed by atoms with E-state index in [1.165, 1.54) is 16.8 Å². The van der Waals surface area contributed by atoms with Gasteiger partial charge in [-0.15, -0.1) is 0 Å². The molecule has 15 heavy (non-hydrogen) atoms. The van der Waals surface area contributed by atoms with Gasteiger partial charge in [-0.25, -0.2) is 0 Å². The molecule has 0 saturated carbocycles. The summed E-state index contributed by atoms with van der Waals surface area (Å²) in [5, 5.41) is 3.27. The number of rotatable bonds is 2. The molecular formula is C14H15N. The fourth-order valence-corrected chi connectivity index (χ4v) is 1.75. The molecule has 0 radical (unpaired) electrons. The van der Waals surface area contributed by atoms with Crippen molar-refractivity contribution >= 4 is 5.57 Å². The van der Waals surface area contributed by atoms with Gasteiger partial charge in [-0.2, -0.15) is 0 Å². The quantitative estimate of drug-likeness (QED) is 0.768. The summed E-state index contributed by atoms with van der Waals surface area (Å²) in [4.78, 5) is 0. The first-order valence-electron chi connectivity index (χ1n) is 5.21. The van der Waals surface area contributed by atoms with Crippen LogP contribution in [0.2, 0.25) is 0 Å². The van der Waals surface area contributed by atoms with Crippen LogP contribution in [-0.4, -0.2) is 7.05 Å². The van der Waals surface area contributed by atoms with Gasteiger partial charge < -0.3 is 5.32 Å². The van der Waals surface area contributed by atoms with Crippen LogP contribution in [0.5, 0.6) is 0 Å². The topological polar surface area (TPSA) is 12.0 Å². The highest BCUT2D eigenvalue weighted by Gasteiger charge is 2.05. The molecular weight excluding hydrogens is 182 g/mol. The van der Waals surface area contributed by atoms with Crippen LogP contribution >= 0.6 is 0 Å². The van der Waals surface area contributed by atoms with Crippen LogP contribution in [0.3, 0.4) is 0 Å². The number of hydrogen-bond acceptors (Lipinski definition) is 1. The Kier molecular flexibility index (Phi) is 3.03. The van der Waals surface area contributed by atoms with E-state index >= 15 is 0 Å². The van der Waals surface area contributed by atoms with Crippen LogP contribution in [0.4, 0.5) is 0 Å². The monoisotopic (exact) mass is 197 g/mol. The molecule has 0 heterocycles. The fraction of sp³-hybridized carbons (Fsp3) is 0.143. The predicted octanol–water partition coefficient (Wildman–Crippen LogP) is 3.13. The molecule has 1 N–H and O–H groups in total. The second kappa shape index (κ2) is 4.65. The standard InChI is InChI=1S/C14H15N/c1-15-14-11-7-3-6-10-13(14)12-8-4-2-5-9-12/h2-10,15H,11H2,1H3. The second-order valence-electron chi connectivity index (χ2n) is 3.50. The third kappa shape index (κ3) is 2.18. The largest absolute Gasteiger partial charge is 0.391 e. The van der Waals surface area contributed by atoms with Crippen LogP contribution in [-0.2, 0) is 0 Å². The highest BCUT2D eigenvalue weighted by molar-refractivity contribution is 5.77. The van der Waals surface area contributed by atoms with E-state index in [1.54, 1.807) is 0 Å². The molecule has 1 heteroatoms. The molecule has 1 aromatic rings. The molecule has 0 bridgehead atoms. The Morgan fingerprint density at radius 3 is 2.60 bits per heavy atom. The van der Waals surface area contributed by atoms with Crippen molar-refractivity contribution in [2.24, 2.45) is 0 Å². The van der Waals surface area contributed by atoms with Crippen LogP contribution in [0.25, 0.3) is 5.57 Å². The molecule has 0 amide bonds. The summed E-state index contributed by atoms with van der Waals surface area (Å²) in [6, 6.07) is 10.5. The van der Waals surface area contributed by atoms with Crippen molar-refractivity contribution in [3.8, 4) is 0 Å². The van der Waals surface area contributed by atoms with Crippen molar-refractivity contribution in [3.05, 3.63) is 65.9 Å². The minimum atomic E-state index is 0.966. The number of hydrogen-bond donors (Lipinski definition) is 1. The van der Waals surface area contributed by atoms with E-state index in [1.807, 2.05) is 13.1 Å². The molecule has 0 atom stereocenters. The van der Waals surface area contributed by atoms with Crippen molar-refractivity contribution in [1.29, 1.82) is 0 Å². The Morgan fingerprint density at radius 1 is 1.07 bits per heavy atom. The molecule has 1 nitrogen and oxygen atoms in total. The zero-order valence-electron chi connectivity index (χ0n) is 8.90. The van der Waals surface area contributed by atoms with Crippen LogP contribution in [0, 0.1) is 0 Å². The lowest BCUT2D eigenvalue weighted by molar-refractivity contribution is 0.946. The summed E-state index contributed by atoms with van der Waals surface area (Å²) in [7, 11) is 1.98. The van der Waals surface area contributed by atoms with Crippen LogP contribution in [0.1, 0.15) is 12.0 Å². The van der Waals surface area contributed by atoms with E-state index in [0.717, 1.165) is 6.42 Å². The Hall–Kier alpha value is -1.76. The lowest BCUT2D eigenvalue weighted by Gasteiger charge is -2.10. The van der Waals surface area contributed by atoms with Gasteiger partial charge in [-0.05, 0) is 5.56 Å². The van der Waals surface area contributed by atoms with Gasteiger partial charge in [0.1, 0.15) is 0 Å². The Bertz CT molecular complexity index is 410. The molecule has 2 rings (SSSR count). The highest BCUT2D eigenvalue weighted by Crippen LogP contribution is 2.22. The zero-order valence-corrected chi connectivity index (χ0v) is 8.90. The molecule has 76 valence electrons. The van der Waals surface area contributed by atoms with Crippen molar-refractivity contribution in [2.75, 3.05) is 7.05 Å². The smallest absolute Gasteiger partial charge is 0.0222 e. The van der Waals surface area contributed by atoms with Gasteiger partial charge in [0.15, 0.2) is 0 Å². The van der Waals surface area contributed by atoms with Gasteiger partial charge in [-0.3, -0.25) is 0 Å². The lowest BCUT2D eigenvalue weighted by atomic mass is 10.0. The summed E-state index contributed by atoms with van der Waals surface area (Å²) in [6.45, 7) is 0. The number of allylic oxidation sites excluding steroid dienone is 5. The van der Waals surface area contributed by atoms with E-state index < -0.39 is 0 Å². The van der Waals surface area contributed by atoms with E-state index in [0.29, 0.717) is 0 Å². The molecule has 1 aliphatic rings. The number of nitrogens with one attached hydrogen (secondary N) is 1. The van der Waals surface area contributed by atoms with E-state index in [9.17, 15) is 0 Å².